The summed E-state index contributed by atoms with van der Waals surface area (Å²) in [7, 11) is 0. The summed E-state index contributed by atoms with van der Waals surface area (Å²) in [6.45, 7) is 0. The smallest absolute Gasteiger partial charge is 0.416 e. The van der Waals surface area contributed by atoms with Crippen molar-refractivity contribution in [3.05, 3.63) is 76.8 Å². The highest BCUT2D eigenvalue weighted by atomic mass is 35.5. The highest BCUT2D eigenvalue weighted by molar-refractivity contribution is 7.92. The fraction of sp³-hybridized carbons (Fsp3) is 0.174. The number of benzene rings is 3. The molecule has 3 N–H and O–H groups in total. The van der Waals surface area contributed by atoms with E-state index in [0.717, 1.165) is 12.1 Å². The number of alkyl halides is 4. The molecule has 11 heteroatoms. The Labute approximate surface area is 207 Å². The van der Waals surface area contributed by atoms with E-state index >= 15 is 0 Å². The van der Waals surface area contributed by atoms with Crippen LogP contribution in [-0.4, -0.2) is 27.2 Å². The Bertz CT molecular complexity index is 1160. The molecule has 0 spiro atoms. The maximum atomic E-state index is 12.8. The monoisotopic (exact) mass is 530 g/mol. The first-order valence-electron chi connectivity index (χ1n) is 9.91. The molecule has 0 aliphatic rings. The number of phenolic OH excluding ortho intramolecular Hbond substituents is 1. The molecule has 0 bridgehead atoms. The second-order valence-corrected chi connectivity index (χ2v) is 9.24. The predicted octanol–water partition coefficient (Wildman–Crippen LogP) is 6.69. The molecule has 0 saturated carbocycles. The molecule has 1 atom stereocenters. The van der Waals surface area contributed by atoms with E-state index in [1.807, 2.05) is 0 Å². The summed E-state index contributed by atoms with van der Waals surface area (Å²) >= 11 is 10.2. The van der Waals surface area contributed by atoms with Crippen molar-refractivity contribution in [2.75, 3.05) is 21.7 Å². The third-order valence-corrected chi connectivity index (χ3v) is 6.38. The Morgan fingerprint density at radius 3 is 2.38 bits per heavy atom. The van der Waals surface area contributed by atoms with E-state index in [2.05, 4.69) is 10.0 Å². The molecule has 0 aliphatic carbocycles. The molecule has 3 rings (SSSR count). The average molecular weight is 531 g/mol. The van der Waals surface area contributed by atoms with E-state index in [9.17, 15) is 27.6 Å². The van der Waals surface area contributed by atoms with E-state index in [0.29, 0.717) is 40.4 Å². The van der Waals surface area contributed by atoms with Gasteiger partial charge in [0.1, 0.15) is 17.2 Å². The number of anilines is 2. The van der Waals surface area contributed by atoms with E-state index in [-0.39, 0.29) is 16.5 Å². The van der Waals surface area contributed by atoms with Crippen LogP contribution in [0.1, 0.15) is 22.3 Å². The molecule has 0 heterocycles. The standard InChI is InChI=1S/C23H19Cl2F3N2O3S/c24-10-1-11-34(33)30-20-13-17(7-9-21(20)31)29-22(32)15-4-2-14(3-5-15)18-8-6-16(12-19(18)25)23(26,27)28/h2-9,12-13,30-31H,1,10-11H2,(H,29,32). The fourth-order valence-electron chi connectivity index (χ4n) is 2.98. The van der Waals surface area contributed by atoms with Crippen molar-refractivity contribution < 1.29 is 27.6 Å². The molecule has 3 aromatic carbocycles. The number of rotatable bonds is 8. The van der Waals surface area contributed by atoms with Crippen LogP contribution in [-0.2, 0) is 17.5 Å². The molecular formula is C23H19Cl2F3N2O3S. The molecule has 5 nitrogen and oxygen atoms in total. The largest absolute Gasteiger partial charge is 0.593 e. The first kappa shape index (κ1) is 26.0. The number of aromatic hydroxyl groups is 1. The van der Waals surface area contributed by atoms with Gasteiger partial charge in [0.05, 0.1) is 16.9 Å². The number of halogens is 5. The van der Waals surface area contributed by atoms with Gasteiger partial charge in [-0.1, -0.05) is 29.8 Å². The summed E-state index contributed by atoms with van der Waals surface area (Å²) in [4.78, 5) is 12.6. The van der Waals surface area contributed by atoms with E-state index in [4.69, 9.17) is 23.2 Å². The molecule has 0 aliphatic heterocycles. The van der Waals surface area contributed by atoms with Gasteiger partial charge in [-0.3, -0.25) is 4.79 Å². The van der Waals surface area contributed by atoms with Crippen LogP contribution < -0.4 is 10.0 Å². The SMILES string of the molecule is O=C(Nc1ccc(O)c(N[S+]([O-])CCCCl)c1)c1ccc(-c2ccc(C(F)(F)F)cc2Cl)cc1. The van der Waals surface area contributed by atoms with Crippen LogP contribution in [0.3, 0.4) is 0 Å². The highest BCUT2D eigenvalue weighted by Gasteiger charge is 2.31. The third kappa shape index (κ3) is 6.73. The lowest BCUT2D eigenvalue weighted by molar-refractivity contribution is -0.137. The van der Waals surface area contributed by atoms with Crippen molar-refractivity contribution in [1.82, 2.24) is 0 Å². The molecule has 1 unspecified atom stereocenters. The molecule has 0 fully saturated rings. The van der Waals surface area contributed by atoms with Gasteiger partial charge >= 0.3 is 6.18 Å². The van der Waals surface area contributed by atoms with Crippen molar-refractivity contribution in [3.8, 4) is 16.9 Å². The topological polar surface area (TPSA) is 84.4 Å². The molecule has 0 radical (unpaired) electrons. The number of amides is 1. The molecular weight excluding hydrogens is 512 g/mol. The summed E-state index contributed by atoms with van der Waals surface area (Å²) in [6, 6.07) is 13.5. The second kappa shape index (κ2) is 11.2. The zero-order valence-corrected chi connectivity index (χ0v) is 19.8. The molecule has 3 aromatic rings. The summed E-state index contributed by atoms with van der Waals surface area (Å²) in [5.41, 5.74) is 0.944. The van der Waals surface area contributed by atoms with Crippen molar-refractivity contribution >= 4 is 51.8 Å². The molecule has 34 heavy (non-hydrogen) atoms. The molecule has 1 amide bonds. The Morgan fingerprint density at radius 1 is 1.06 bits per heavy atom. The van der Waals surface area contributed by atoms with E-state index in [1.54, 1.807) is 12.1 Å². The minimum absolute atomic E-state index is 0.0559. The lowest BCUT2D eigenvalue weighted by Gasteiger charge is -2.14. The first-order chi connectivity index (χ1) is 16.1. The number of phenols is 1. The van der Waals surface area contributed by atoms with Gasteiger partial charge in [-0.15, -0.1) is 11.6 Å². The van der Waals surface area contributed by atoms with Crippen LogP contribution in [0.5, 0.6) is 5.75 Å². The van der Waals surface area contributed by atoms with Crippen LogP contribution in [0.15, 0.2) is 60.7 Å². The average Bonchev–Trinajstić information content (AvgIpc) is 2.79. The third-order valence-electron chi connectivity index (χ3n) is 4.70. The van der Waals surface area contributed by atoms with Gasteiger partial charge in [0.25, 0.3) is 5.91 Å². The Hall–Kier alpha value is -2.59. The Morgan fingerprint density at radius 2 is 1.76 bits per heavy atom. The lowest BCUT2D eigenvalue weighted by atomic mass is 10.0. The maximum Gasteiger partial charge on any atom is 0.416 e. The van der Waals surface area contributed by atoms with Crippen molar-refractivity contribution in [1.29, 1.82) is 0 Å². The zero-order chi connectivity index (χ0) is 24.9. The van der Waals surface area contributed by atoms with Gasteiger partial charge < -0.3 is 15.0 Å². The second-order valence-electron chi connectivity index (χ2n) is 7.15. The van der Waals surface area contributed by atoms with Crippen molar-refractivity contribution in [2.45, 2.75) is 12.6 Å². The fourth-order valence-corrected chi connectivity index (χ4v) is 4.48. The number of hydrogen-bond donors (Lipinski definition) is 3. The van der Waals surface area contributed by atoms with Crippen LogP contribution in [0.2, 0.25) is 5.02 Å². The van der Waals surface area contributed by atoms with Crippen molar-refractivity contribution in [2.24, 2.45) is 0 Å². The lowest BCUT2D eigenvalue weighted by Crippen LogP contribution is -2.17. The maximum absolute atomic E-state index is 12.8. The quantitative estimate of drug-likeness (QED) is 0.131. The highest BCUT2D eigenvalue weighted by Crippen LogP contribution is 2.35. The van der Waals surface area contributed by atoms with Crippen LogP contribution >= 0.6 is 23.2 Å². The van der Waals surface area contributed by atoms with Gasteiger partial charge in [0, 0.05) is 34.1 Å². The van der Waals surface area contributed by atoms with Gasteiger partial charge in [0.15, 0.2) is 0 Å². The number of nitrogens with one attached hydrogen (secondary N) is 2. The summed E-state index contributed by atoms with van der Waals surface area (Å²) in [6.07, 6.45) is -3.96. The summed E-state index contributed by atoms with van der Waals surface area (Å²) < 4.78 is 53.2. The zero-order valence-electron chi connectivity index (χ0n) is 17.5. The van der Waals surface area contributed by atoms with Gasteiger partial charge in [-0.25, -0.2) is 4.72 Å². The molecule has 0 aromatic heterocycles. The molecule has 180 valence electrons. The van der Waals surface area contributed by atoms with E-state index < -0.39 is 29.0 Å². The minimum Gasteiger partial charge on any atom is -0.593 e. The van der Waals surface area contributed by atoms with Crippen molar-refractivity contribution in [3.63, 3.8) is 0 Å². The summed E-state index contributed by atoms with van der Waals surface area (Å²) in [5, 5.41) is 12.6. The summed E-state index contributed by atoms with van der Waals surface area (Å²) in [5.74, 6) is 0.0775. The van der Waals surface area contributed by atoms with Crippen LogP contribution in [0.4, 0.5) is 24.5 Å². The van der Waals surface area contributed by atoms with Gasteiger partial charge in [0.2, 0.25) is 0 Å². The minimum atomic E-state index is -4.49. The number of carbonyl (C=O) groups is 1. The van der Waals surface area contributed by atoms with E-state index in [1.165, 1.54) is 36.4 Å². The van der Waals surface area contributed by atoms with Crippen LogP contribution in [0.25, 0.3) is 11.1 Å². The number of carbonyl (C=O) groups excluding carboxylic acids is 1. The Balaban J connectivity index is 1.71. The predicted molar refractivity (Wildman–Crippen MR) is 130 cm³/mol. The normalized spacial score (nSPS) is 12.3. The first-order valence-corrected chi connectivity index (χ1v) is 12.1. The van der Waals surface area contributed by atoms with Gasteiger partial charge in [-0.2, -0.15) is 13.2 Å². The molecule has 0 saturated heterocycles. The van der Waals surface area contributed by atoms with Crippen LogP contribution in [0, 0.1) is 0 Å². The van der Waals surface area contributed by atoms with Gasteiger partial charge in [-0.05, 0) is 48.0 Å². The Kier molecular flexibility index (Phi) is 8.59. The number of hydrogen-bond acceptors (Lipinski definition) is 4.